The van der Waals surface area contributed by atoms with Gasteiger partial charge in [-0.3, -0.25) is 4.79 Å². The summed E-state index contributed by atoms with van der Waals surface area (Å²) in [6.07, 6.45) is 0. The van der Waals surface area contributed by atoms with Gasteiger partial charge in [0, 0.05) is 11.3 Å². The summed E-state index contributed by atoms with van der Waals surface area (Å²) in [5.41, 5.74) is 0.760. The van der Waals surface area contributed by atoms with E-state index in [9.17, 15) is 14.3 Å². The van der Waals surface area contributed by atoms with Crippen LogP contribution in [0, 0.1) is 5.82 Å². The monoisotopic (exact) mass is 261 g/mol. The molecule has 0 atom stereocenters. The van der Waals surface area contributed by atoms with Gasteiger partial charge < -0.3 is 15.5 Å². The van der Waals surface area contributed by atoms with Crippen LogP contribution in [-0.4, -0.2) is 22.5 Å². The van der Waals surface area contributed by atoms with Gasteiger partial charge in [-0.05, 0) is 36.4 Å². The molecule has 3 N–H and O–H groups in total. The second kappa shape index (κ2) is 5.39. The van der Waals surface area contributed by atoms with E-state index < -0.39 is 0 Å². The Bertz CT molecular complexity index is 613. The number of anilines is 1. The Hall–Kier alpha value is -2.56. The molecule has 0 aliphatic rings. The maximum atomic E-state index is 12.9. The van der Waals surface area contributed by atoms with E-state index in [0.29, 0.717) is 5.69 Å². The zero-order valence-corrected chi connectivity index (χ0v) is 9.93. The smallest absolute Gasteiger partial charge is 0.181 e. The Morgan fingerprint density at radius 3 is 2.58 bits per heavy atom. The van der Waals surface area contributed by atoms with Gasteiger partial charge in [-0.2, -0.15) is 0 Å². The molecule has 5 heteroatoms. The van der Waals surface area contributed by atoms with Gasteiger partial charge in [-0.1, -0.05) is 6.07 Å². The first-order valence-corrected chi connectivity index (χ1v) is 5.61. The van der Waals surface area contributed by atoms with Crippen molar-refractivity contribution in [3.05, 3.63) is 53.8 Å². The average Bonchev–Trinajstić information content (AvgIpc) is 2.39. The highest BCUT2D eigenvalue weighted by Crippen LogP contribution is 2.25. The highest BCUT2D eigenvalue weighted by atomic mass is 19.1. The van der Waals surface area contributed by atoms with E-state index in [-0.39, 0.29) is 35.2 Å². The molecule has 0 radical (unpaired) electrons. The van der Waals surface area contributed by atoms with Crippen molar-refractivity contribution in [2.24, 2.45) is 0 Å². The van der Waals surface area contributed by atoms with Gasteiger partial charge in [0.2, 0.25) is 0 Å². The van der Waals surface area contributed by atoms with Gasteiger partial charge in [0.15, 0.2) is 17.3 Å². The Labute approximate surface area is 109 Å². The van der Waals surface area contributed by atoms with Crippen LogP contribution in [-0.2, 0) is 0 Å². The second-order valence-corrected chi connectivity index (χ2v) is 3.99. The van der Waals surface area contributed by atoms with Gasteiger partial charge in [0.25, 0.3) is 0 Å². The minimum Gasteiger partial charge on any atom is -0.504 e. The number of phenols is 2. The van der Waals surface area contributed by atoms with Crippen molar-refractivity contribution in [1.82, 2.24) is 0 Å². The predicted molar refractivity (Wildman–Crippen MR) is 69.0 cm³/mol. The minimum atomic E-state index is -0.389. The topological polar surface area (TPSA) is 69.6 Å². The largest absolute Gasteiger partial charge is 0.504 e. The van der Waals surface area contributed by atoms with Crippen LogP contribution in [0.25, 0.3) is 0 Å². The lowest BCUT2D eigenvalue weighted by atomic mass is 10.1. The number of carbonyl (C=O) groups excluding carboxylic acids is 1. The molecule has 2 rings (SSSR count). The van der Waals surface area contributed by atoms with Crippen molar-refractivity contribution in [1.29, 1.82) is 0 Å². The number of hydrogen-bond donors (Lipinski definition) is 3. The summed E-state index contributed by atoms with van der Waals surface area (Å²) >= 11 is 0. The molecule has 19 heavy (non-hydrogen) atoms. The van der Waals surface area contributed by atoms with Crippen molar-refractivity contribution in [3.63, 3.8) is 0 Å². The summed E-state index contributed by atoms with van der Waals surface area (Å²) in [6, 6.07) is 9.60. The molecule has 0 bridgehead atoms. The van der Waals surface area contributed by atoms with Gasteiger partial charge in [-0.15, -0.1) is 0 Å². The number of phenolic OH excluding ortho intramolecular Hbond substituents is 2. The fourth-order valence-corrected chi connectivity index (χ4v) is 1.58. The molecule has 0 aromatic heterocycles. The molecule has 0 unspecified atom stereocenters. The van der Waals surface area contributed by atoms with Crippen molar-refractivity contribution in [2.45, 2.75) is 0 Å². The molecular weight excluding hydrogens is 249 g/mol. The van der Waals surface area contributed by atoms with Crippen LogP contribution in [0.4, 0.5) is 10.1 Å². The summed E-state index contributed by atoms with van der Waals surface area (Å²) in [7, 11) is 0. The summed E-state index contributed by atoms with van der Waals surface area (Å²) in [6.45, 7) is -0.0341. The molecule has 0 saturated heterocycles. The number of Topliss-reactive ketones (excluding diaryl/α,β-unsaturated/α-hetero) is 1. The van der Waals surface area contributed by atoms with Gasteiger partial charge >= 0.3 is 0 Å². The maximum absolute atomic E-state index is 12.9. The van der Waals surface area contributed by atoms with Crippen molar-refractivity contribution in [3.8, 4) is 11.5 Å². The number of nitrogens with one attached hydrogen (secondary N) is 1. The maximum Gasteiger partial charge on any atom is 0.181 e. The number of hydrogen-bond acceptors (Lipinski definition) is 4. The lowest BCUT2D eigenvalue weighted by Gasteiger charge is -2.06. The summed E-state index contributed by atoms with van der Waals surface area (Å²) in [5, 5.41) is 21.2. The first-order valence-electron chi connectivity index (χ1n) is 5.61. The van der Waals surface area contributed by atoms with Crippen LogP contribution in [0.1, 0.15) is 10.4 Å². The number of ketones is 1. The van der Waals surface area contributed by atoms with Crippen LogP contribution in [0.2, 0.25) is 0 Å². The Morgan fingerprint density at radius 1 is 1.11 bits per heavy atom. The lowest BCUT2D eigenvalue weighted by Crippen LogP contribution is -2.13. The van der Waals surface area contributed by atoms with E-state index >= 15 is 0 Å². The number of rotatable bonds is 4. The third-order valence-electron chi connectivity index (χ3n) is 2.58. The molecule has 0 aliphatic carbocycles. The Balaban J connectivity index is 2.03. The van der Waals surface area contributed by atoms with E-state index in [1.54, 1.807) is 6.07 Å². The third kappa shape index (κ3) is 3.22. The van der Waals surface area contributed by atoms with E-state index in [0.717, 1.165) is 0 Å². The zero-order valence-electron chi connectivity index (χ0n) is 9.93. The molecule has 4 nitrogen and oxygen atoms in total. The molecule has 0 amide bonds. The van der Waals surface area contributed by atoms with Crippen LogP contribution in [0.5, 0.6) is 11.5 Å². The molecule has 0 aliphatic heterocycles. The van der Waals surface area contributed by atoms with E-state index in [1.807, 2.05) is 0 Å². The molecule has 0 heterocycles. The van der Waals surface area contributed by atoms with Crippen LogP contribution >= 0.6 is 0 Å². The molecule has 0 saturated carbocycles. The van der Waals surface area contributed by atoms with E-state index in [2.05, 4.69) is 5.32 Å². The fraction of sp³-hybridized carbons (Fsp3) is 0.0714. The van der Waals surface area contributed by atoms with Crippen LogP contribution in [0.3, 0.4) is 0 Å². The van der Waals surface area contributed by atoms with Crippen LogP contribution < -0.4 is 5.32 Å². The van der Waals surface area contributed by atoms with Crippen molar-refractivity contribution in [2.75, 3.05) is 11.9 Å². The zero-order chi connectivity index (χ0) is 13.8. The number of benzene rings is 2. The van der Waals surface area contributed by atoms with E-state index in [1.165, 1.54) is 36.4 Å². The first kappa shape index (κ1) is 12.9. The Morgan fingerprint density at radius 2 is 1.89 bits per heavy atom. The summed E-state index contributed by atoms with van der Waals surface area (Å²) < 4.78 is 12.9. The molecule has 2 aromatic carbocycles. The van der Waals surface area contributed by atoms with Gasteiger partial charge in [-0.25, -0.2) is 4.39 Å². The fourth-order valence-electron chi connectivity index (χ4n) is 1.58. The summed E-state index contributed by atoms with van der Waals surface area (Å²) in [5.74, 6) is -1.30. The predicted octanol–water partition coefficient (Wildman–Crippen LogP) is 2.53. The summed E-state index contributed by atoms with van der Waals surface area (Å²) in [4.78, 5) is 11.8. The van der Waals surface area contributed by atoms with Gasteiger partial charge in [0.05, 0.1) is 6.54 Å². The normalized spacial score (nSPS) is 10.2. The van der Waals surface area contributed by atoms with Crippen molar-refractivity contribution < 1.29 is 19.4 Å². The molecule has 0 fully saturated rings. The first-order chi connectivity index (χ1) is 9.06. The average molecular weight is 261 g/mol. The van der Waals surface area contributed by atoms with Gasteiger partial charge in [0.1, 0.15) is 5.82 Å². The minimum absolute atomic E-state index is 0.0341. The third-order valence-corrected chi connectivity index (χ3v) is 2.58. The lowest BCUT2D eigenvalue weighted by molar-refractivity contribution is 0.101. The number of aromatic hydroxyl groups is 2. The molecule has 2 aromatic rings. The van der Waals surface area contributed by atoms with Crippen LogP contribution in [0.15, 0.2) is 42.5 Å². The molecule has 98 valence electrons. The highest BCUT2D eigenvalue weighted by molar-refractivity contribution is 5.99. The molecular formula is C14H12FNO3. The van der Waals surface area contributed by atoms with Crippen molar-refractivity contribution >= 4 is 11.5 Å². The second-order valence-electron chi connectivity index (χ2n) is 3.99. The quantitative estimate of drug-likeness (QED) is 0.584. The standard InChI is InChI=1S/C14H12FNO3/c15-10-2-1-3-11(7-10)16-8-14(19)9-4-5-12(17)13(18)6-9/h1-7,16-18H,8H2. The molecule has 0 spiro atoms. The Kier molecular flexibility index (Phi) is 3.66. The SMILES string of the molecule is O=C(CNc1cccc(F)c1)c1ccc(O)c(O)c1. The number of carbonyl (C=O) groups is 1. The number of halogens is 1. The van der Waals surface area contributed by atoms with E-state index in [4.69, 9.17) is 5.11 Å². The highest BCUT2D eigenvalue weighted by Gasteiger charge is 2.08.